The van der Waals surface area contributed by atoms with Crippen LogP contribution in [0.5, 0.6) is 0 Å². The second-order valence-electron chi connectivity index (χ2n) is 3.63. The number of nitrogens with zero attached hydrogens (tertiary/aromatic N) is 3. The summed E-state index contributed by atoms with van der Waals surface area (Å²) >= 11 is 0. The highest BCUT2D eigenvalue weighted by Crippen LogP contribution is 2.27. The standard InChI is InChI=1S/C8H12N4O5/c9-7-10-2-12(8(16)11-7)6-5(15)4(14)3(1-13)17-6/h2-6,13-15H,1H2,(H2,9,11,16)/t3?,4?,5-,6+/m0/s1. The summed E-state index contributed by atoms with van der Waals surface area (Å²) in [5, 5.41) is 28.1. The van der Waals surface area contributed by atoms with Gasteiger partial charge in [0.2, 0.25) is 5.95 Å². The number of ether oxygens (including phenoxy) is 1. The van der Waals surface area contributed by atoms with Gasteiger partial charge in [-0.1, -0.05) is 0 Å². The molecular formula is C8H12N4O5. The molecule has 4 atom stereocenters. The SMILES string of the molecule is Nc1ncn([C@@H]2OC(CO)C(O)[C@@H]2O)c(=O)n1. The Morgan fingerprint density at radius 3 is 2.71 bits per heavy atom. The number of aromatic nitrogens is 3. The molecule has 1 aromatic rings. The molecule has 0 amide bonds. The average molecular weight is 244 g/mol. The van der Waals surface area contributed by atoms with Gasteiger partial charge in [0.05, 0.1) is 6.61 Å². The van der Waals surface area contributed by atoms with Crippen LogP contribution >= 0.6 is 0 Å². The van der Waals surface area contributed by atoms with Crippen molar-refractivity contribution in [2.45, 2.75) is 24.5 Å². The van der Waals surface area contributed by atoms with Crippen molar-refractivity contribution in [2.75, 3.05) is 12.3 Å². The number of rotatable bonds is 2. The summed E-state index contributed by atoms with van der Waals surface area (Å²) in [7, 11) is 0. The van der Waals surface area contributed by atoms with Crippen LogP contribution in [-0.4, -0.2) is 54.8 Å². The fourth-order valence-electron chi connectivity index (χ4n) is 1.64. The van der Waals surface area contributed by atoms with Gasteiger partial charge in [-0.15, -0.1) is 0 Å². The number of anilines is 1. The van der Waals surface area contributed by atoms with Crippen molar-refractivity contribution >= 4 is 5.95 Å². The number of nitrogen functional groups attached to an aromatic ring is 1. The Hall–Kier alpha value is -1.55. The average Bonchev–Trinajstić information content (AvgIpc) is 2.57. The number of hydrogen-bond donors (Lipinski definition) is 4. The van der Waals surface area contributed by atoms with E-state index in [9.17, 15) is 15.0 Å². The van der Waals surface area contributed by atoms with E-state index in [1.807, 2.05) is 0 Å². The van der Waals surface area contributed by atoms with E-state index >= 15 is 0 Å². The van der Waals surface area contributed by atoms with Crippen molar-refractivity contribution in [1.82, 2.24) is 14.5 Å². The predicted octanol–water partition coefficient (Wildman–Crippen LogP) is -3.17. The molecule has 1 aliphatic rings. The van der Waals surface area contributed by atoms with E-state index in [0.717, 1.165) is 10.9 Å². The van der Waals surface area contributed by atoms with Crippen molar-refractivity contribution in [2.24, 2.45) is 0 Å². The van der Waals surface area contributed by atoms with E-state index in [-0.39, 0.29) is 5.95 Å². The van der Waals surface area contributed by atoms with Gasteiger partial charge in [-0.25, -0.2) is 9.78 Å². The number of aliphatic hydroxyl groups excluding tert-OH is 3. The lowest BCUT2D eigenvalue weighted by Gasteiger charge is -2.16. The topological polar surface area (TPSA) is 144 Å². The van der Waals surface area contributed by atoms with E-state index in [0.29, 0.717) is 0 Å². The van der Waals surface area contributed by atoms with Crippen LogP contribution < -0.4 is 11.4 Å². The molecule has 1 aliphatic heterocycles. The highest BCUT2D eigenvalue weighted by molar-refractivity contribution is 5.10. The molecule has 1 aromatic heterocycles. The van der Waals surface area contributed by atoms with E-state index < -0.39 is 36.8 Å². The minimum absolute atomic E-state index is 0.196. The first-order chi connectivity index (χ1) is 8.04. The summed E-state index contributed by atoms with van der Waals surface area (Å²) < 4.78 is 6.04. The van der Waals surface area contributed by atoms with Crippen molar-refractivity contribution in [3.05, 3.63) is 16.8 Å². The number of nitrogens with two attached hydrogens (primary N) is 1. The van der Waals surface area contributed by atoms with Crippen LogP contribution in [0.1, 0.15) is 6.23 Å². The van der Waals surface area contributed by atoms with Crippen LogP contribution in [0.15, 0.2) is 11.1 Å². The third-order valence-corrected chi connectivity index (χ3v) is 2.54. The lowest BCUT2D eigenvalue weighted by Crippen LogP contribution is -2.36. The van der Waals surface area contributed by atoms with Gasteiger partial charge in [0.15, 0.2) is 6.23 Å². The molecular weight excluding hydrogens is 232 g/mol. The fourth-order valence-corrected chi connectivity index (χ4v) is 1.64. The molecule has 94 valence electrons. The minimum Gasteiger partial charge on any atom is -0.394 e. The van der Waals surface area contributed by atoms with Crippen molar-refractivity contribution in [1.29, 1.82) is 0 Å². The Balaban J connectivity index is 2.32. The molecule has 9 nitrogen and oxygen atoms in total. The molecule has 17 heavy (non-hydrogen) atoms. The van der Waals surface area contributed by atoms with Gasteiger partial charge in [0.1, 0.15) is 24.6 Å². The molecule has 5 N–H and O–H groups in total. The van der Waals surface area contributed by atoms with E-state index in [4.69, 9.17) is 15.6 Å². The van der Waals surface area contributed by atoms with Gasteiger partial charge in [0.25, 0.3) is 0 Å². The summed E-state index contributed by atoms with van der Waals surface area (Å²) in [4.78, 5) is 18.4. The maximum atomic E-state index is 11.5. The minimum atomic E-state index is -1.35. The van der Waals surface area contributed by atoms with Crippen LogP contribution in [-0.2, 0) is 4.74 Å². The molecule has 0 bridgehead atoms. The van der Waals surface area contributed by atoms with Crippen molar-refractivity contribution < 1.29 is 20.1 Å². The van der Waals surface area contributed by atoms with E-state index in [1.54, 1.807) is 0 Å². The van der Waals surface area contributed by atoms with Crippen LogP contribution in [0.4, 0.5) is 5.95 Å². The molecule has 1 fully saturated rings. The van der Waals surface area contributed by atoms with Gasteiger partial charge in [-0.3, -0.25) is 4.57 Å². The zero-order valence-corrected chi connectivity index (χ0v) is 8.67. The molecule has 0 spiro atoms. The Morgan fingerprint density at radius 2 is 2.18 bits per heavy atom. The number of aliphatic hydroxyl groups is 3. The van der Waals surface area contributed by atoms with Gasteiger partial charge in [-0.2, -0.15) is 4.98 Å². The third-order valence-electron chi connectivity index (χ3n) is 2.54. The molecule has 0 saturated carbocycles. The lowest BCUT2D eigenvalue weighted by molar-refractivity contribution is -0.0554. The third kappa shape index (κ3) is 2.00. The van der Waals surface area contributed by atoms with Gasteiger partial charge in [-0.05, 0) is 0 Å². The maximum Gasteiger partial charge on any atom is 0.354 e. The Kier molecular flexibility index (Phi) is 3.07. The highest BCUT2D eigenvalue weighted by atomic mass is 16.6. The quantitative estimate of drug-likeness (QED) is 0.426. The van der Waals surface area contributed by atoms with E-state index in [2.05, 4.69) is 9.97 Å². The van der Waals surface area contributed by atoms with Crippen LogP contribution in [0.25, 0.3) is 0 Å². The monoisotopic (exact) mass is 244 g/mol. The highest BCUT2D eigenvalue weighted by Gasteiger charge is 2.43. The summed E-state index contributed by atoms with van der Waals surface area (Å²) in [5.41, 5.74) is 4.46. The molecule has 0 aliphatic carbocycles. The Labute approximate surface area is 95.1 Å². The van der Waals surface area contributed by atoms with Crippen LogP contribution in [0.3, 0.4) is 0 Å². The number of hydrogen-bond acceptors (Lipinski definition) is 8. The van der Waals surface area contributed by atoms with Gasteiger partial charge in [0, 0.05) is 0 Å². The molecule has 1 saturated heterocycles. The Bertz CT molecular complexity index is 463. The zero-order chi connectivity index (χ0) is 12.6. The Morgan fingerprint density at radius 1 is 1.47 bits per heavy atom. The molecule has 2 unspecified atom stereocenters. The molecule has 2 rings (SSSR count). The van der Waals surface area contributed by atoms with Crippen molar-refractivity contribution in [3.8, 4) is 0 Å². The second-order valence-corrected chi connectivity index (χ2v) is 3.63. The predicted molar refractivity (Wildman–Crippen MR) is 53.7 cm³/mol. The summed E-state index contributed by atoms with van der Waals surface area (Å²) in [6.07, 6.45) is -3.67. The maximum absolute atomic E-state index is 11.5. The smallest absolute Gasteiger partial charge is 0.354 e. The fraction of sp³-hybridized carbons (Fsp3) is 0.625. The van der Waals surface area contributed by atoms with Gasteiger partial charge >= 0.3 is 5.69 Å². The first-order valence-electron chi connectivity index (χ1n) is 4.87. The zero-order valence-electron chi connectivity index (χ0n) is 8.67. The lowest BCUT2D eigenvalue weighted by atomic mass is 10.1. The molecule has 2 heterocycles. The first-order valence-corrected chi connectivity index (χ1v) is 4.87. The van der Waals surface area contributed by atoms with Gasteiger partial charge < -0.3 is 25.8 Å². The molecule has 9 heteroatoms. The molecule has 0 aromatic carbocycles. The summed E-state index contributed by atoms with van der Waals surface area (Å²) in [6.45, 7) is -0.473. The first kappa shape index (κ1) is 11.9. The summed E-state index contributed by atoms with van der Waals surface area (Å²) in [5.74, 6) is -0.196. The van der Waals surface area contributed by atoms with Crippen LogP contribution in [0, 0.1) is 0 Å². The van der Waals surface area contributed by atoms with Crippen molar-refractivity contribution in [3.63, 3.8) is 0 Å². The van der Waals surface area contributed by atoms with E-state index in [1.165, 1.54) is 0 Å². The summed E-state index contributed by atoms with van der Waals surface area (Å²) in [6, 6.07) is 0. The molecule has 0 radical (unpaired) electrons. The second kappa shape index (κ2) is 4.37. The van der Waals surface area contributed by atoms with Crippen LogP contribution in [0.2, 0.25) is 0 Å². The largest absolute Gasteiger partial charge is 0.394 e. The normalized spacial score (nSPS) is 32.9.